The first-order valence-electron chi connectivity index (χ1n) is 9.67. The van der Waals surface area contributed by atoms with Crippen molar-refractivity contribution < 1.29 is 9.47 Å². The van der Waals surface area contributed by atoms with Gasteiger partial charge in [0, 0.05) is 36.6 Å². The zero-order chi connectivity index (χ0) is 20.1. The summed E-state index contributed by atoms with van der Waals surface area (Å²) in [6.07, 6.45) is 0. The Kier molecular flexibility index (Phi) is 5.76. The number of rotatable bonds is 6. The van der Waals surface area contributed by atoms with Crippen LogP contribution in [0.4, 0.5) is 28.8 Å². The van der Waals surface area contributed by atoms with E-state index in [0.717, 1.165) is 60.6 Å². The monoisotopic (exact) mass is 391 g/mol. The van der Waals surface area contributed by atoms with Gasteiger partial charge in [-0.1, -0.05) is 18.2 Å². The van der Waals surface area contributed by atoms with Crippen LogP contribution in [0.1, 0.15) is 5.69 Å². The first-order chi connectivity index (χ1) is 14.2. The zero-order valence-electron chi connectivity index (χ0n) is 16.7. The van der Waals surface area contributed by atoms with Gasteiger partial charge < -0.3 is 25.0 Å². The number of hydrogen-bond acceptors (Lipinski definition) is 7. The van der Waals surface area contributed by atoms with E-state index in [1.54, 1.807) is 7.11 Å². The number of benzene rings is 2. The minimum atomic E-state index is 0.552. The van der Waals surface area contributed by atoms with E-state index in [0.29, 0.717) is 5.95 Å². The zero-order valence-corrected chi connectivity index (χ0v) is 16.7. The lowest BCUT2D eigenvalue weighted by Gasteiger charge is -2.30. The van der Waals surface area contributed by atoms with Gasteiger partial charge in [0.2, 0.25) is 5.95 Å². The van der Waals surface area contributed by atoms with E-state index < -0.39 is 0 Å². The summed E-state index contributed by atoms with van der Waals surface area (Å²) in [7, 11) is 1.65. The van der Waals surface area contributed by atoms with Gasteiger partial charge in [-0.3, -0.25) is 0 Å². The predicted octanol–water partition coefficient (Wildman–Crippen LogP) is 4.12. The molecule has 150 valence electrons. The SMILES string of the molecule is COc1cccc(Nc2cc(C)nc(Nc3ccccc3N3CCOCC3)n2)c1. The molecule has 0 unspecified atom stereocenters. The molecule has 1 fully saturated rings. The quantitative estimate of drug-likeness (QED) is 0.655. The van der Waals surface area contributed by atoms with Crippen LogP contribution >= 0.6 is 0 Å². The van der Waals surface area contributed by atoms with Crippen LogP contribution in [-0.4, -0.2) is 43.4 Å². The standard InChI is InChI=1S/C22H25N5O2/c1-16-14-21(24-17-6-5-7-18(15-17)28-2)26-22(23-16)25-19-8-3-4-9-20(19)27-10-12-29-13-11-27/h3-9,14-15H,10-13H2,1-2H3,(H2,23,24,25,26). The van der Waals surface area contributed by atoms with Crippen molar-refractivity contribution in [3.63, 3.8) is 0 Å². The average Bonchev–Trinajstić information content (AvgIpc) is 2.74. The summed E-state index contributed by atoms with van der Waals surface area (Å²) in [6.45, 7) is 5.18. The van der Waals surface area contributed by atoms with Crippen LogP contribution in [-0.2, 0) is 4.74 Å². The molecule has 7 heteroatoms. The number of morpholine rings is 1. The van der Waals surface area contributed by atoms with Crippen molar-refractivity contribution in [2.24, 2.45) is 0 Å². The highest BCUT2D eigenvalue weighted by atomic mass is 16.5. The topological polar surface area (TPSA) is 71.5 Å². The van der Waals surface area contributed by atoms with Crippen LogP contribution < -0.4 is 20.3 Å². The van der Waals surface area contributed by atoms with E-state index in [-0.39, 0.29) is 0 Å². The number of aromatic nitrogens is 2. The van der Waals surface area contributed by atoms with Crippen molar-refractivity contribution >= 4 is 28.8 Å². The predicted molar refractivity (Wildman–Crippen MR) is 116 cm³/mol. The molecule has 0 atom stereocenters. The third-order valence-electron chi connectivity index (χ3n) is 4.70. The van der Waals surface area contributed by atoms with Gasteiger partial charge in [0.25, 0.3) is 0 Å². The van der Waals surface area contributed by atoms with Crippen LogP contribution in [0.2, 0.25) is 0 Å². The third-order valence-corrected chi connectivity index (χ3v) is 4.70. The van der Waals surface area contributed by atoms with E-state index in [4.69, 9.17) is 9.47 Å². The number of hydrogen-bond donors (Lipinski definition) is 2. The average molecular weight is 391 g/mol. The molecule has 29 heavy (non-hydrogen) atoms. The van der Waals surface area contributed by atoms with Crippen molar-refractivity contribution in [1.82, 2.24) is 9.97 Å². The second-order valence-corrected chi connectivity index (χ2v) is 6.82. The minimum absolute atomic E-state index is 0.552. The lowest BCUT2D eigenvalue weighted by atomic mass is 10.2. The Hall–Kier alpha value is -3.32. The van der Waals surface area contributed by atoms with Crippen molar-refractivity contribution in [1.29, 1.82) is 0 Å². The molecule has 1 aliphatic rings. The summed E-state index contributed by atoms with van der Waals surface area (Å²) < 4.78 is 10.8. The normalized spacial score (nSPS) is 13.8. The van der Waals surface area contributed by atoms with Crippen molar-refractivity contribution in [2.45, 2.75) is 6.92 Å². The van der Waals surface area contributed by atoms with Crippen LogP contribution in [0.15, 0.2) is 54.6 Å². The summed E-state index contributed by atoms with van der Waals surface area (Å²) in [5, 5.41) is 6.72. The van der Waals surface area contributed by atoms with Gasteiger partial charge in [-0.15, -0.1) is 0 Å². The minimum Gasteiger partial charge on any atom is -0.497 e. The molecule has 1 aromatic heterocycles. The molecule has 0 saturated carbocycles. The highest BCUT2D eigenvalue weighted by molar-refractivity contribution is 5.74. The molecule has 0 radical (unpaired) electrons. The Balaban J connectivity index is 1.57. The van der Waals surface area contributed by atoms with E-state index >= 15 is 0 Å². The Morgan fingerprint density at radius 3 is 2.62 bits per heavy atom. The number of ether oxygens (including phenoxy) is 2. The number of anilines is 5. The van der Waals surface area contributed by atoms with Crippen molar-refractivity contribution in [3.05, 3.63) is 60.3 Å². The second kappa shape index (κ2) is 8.79. The Morgan fingerprint density at radius 1 is 0.966 bits per heavy atom. The van der Waals surface area contributed by atoms with E-state index in [1.807, 2.05) is 55.5 Å². The summed E-state index contributed by atoms with van der Waals surface area (Å²) in [4.78, 5) is 11.5. The van der Waals surface area contributed by atoms with Gasteiger partial charge in [0.1, 0.15) is 11.6 Å². The Bertz CT molecular complexity index is 973. The van der Waals surface area contributed by atoms with E-state index in [2.05, 4.69) is 31.6 Å². The molecule has 0 bridgehead atoms. The maximum Gasteiger partial charge on any atom is 0.229 e. The molecule has 7 nitrogen and oxygen atoms in total. The van der Waals surface area contributed by atoms with Crippen molar-refractivity contribution in [2.75, 3.05) is 48.9 Å². The molecular formula is C22H25N5O2. The smallest absolute Gasteiger partial charge is 0.229 e. The van der Waals surface area contributed by atoms with Gasteiger partial charge in [-0.2, -0.15) is 4.98 Å². The van der Waals surface area contributed by atoms with Gasteiger partial charge >= 0.3 is 0 Å². The molecule has 4 rings (SSSR count). The summed E-state index contributed by atoms with van der Waals surface area (Å²) >= 11 is 0. The van der Waals surface area contributed by atoms with E-state index in [1.165, 1.54) is 0 Å². The summed E-state index contributed by atoms with van der Waals surface area (Å²) in [5.41, 5.74) is 3.88. The largest absolute Gasteiger partial charge is 0.497 e. The maximum absolute atomic E-state index is 5.48. The first-order valence-corrected chi connectivity index (χ1v) is 9.67. The second-order valence-electron chi connectivity index (χ2n) is 6.82. The molecular weight excluding hydrogens is 366 g/mol. The number of methoxy groups -OCH3 is 1. The van der Waals surface area contributed by atoms with E-state index in [9.17, 15) is 0 Å². The molecule has 2 aromatic carbocycles. The number of aryl methyl sites for hydroxylation is 1. The molecule has 2 heterocycles. The summed E-state index contributed by atoms with van der Waals surface area (Å²) in [6, 6.07) is 17.9. The van der Waals surface area contributed by atoms with Gasteiger partial charge in [0.05, 0.1) is 31.7 Å². The van der Waals surface area contributed by atoms with Gasteiger partial charge in [-0.25, -0.2) is 4.98 Å². The lowest BCUT2D eigenvalue weighted by molar-refractivity contribution is 0.123. The van der Waals surface area contributed by atoms with Crippen LogP contribution in [0.5, 0.6) is 5.75 Å². The maximum atomic E-state index is 5.48. The molecule has 0 spiro atoms. The number of nitrogens with one attached hydrogen (secondary N) is 2. The highest BCUT2D eigenvalue weighted by Gasteiger charge is 2.15. The number of nitrogens with zero attached hydrogens (tertiary/aromatic N) is 3. The van der Waals surface area contributed by atoms with Gasteiger partial charge in [-0.05, 0) is 31.2 Å². The fourth-order valence-corrected chi connectivity index (χ4v) is 3.32. The molecule has 2 N–H and O–H groups in total. The summed E-state index contributed by atoms with van der Waals surface area (Å²) in [5.74, 6) is 2.06. The lowest BCUT2D eigenvalue weighted by Crippen LogP contribution is -2.36. The molecule has 0 aliphatic carbocycles. The molecule has 1 aliphatic heterocycles. The molecule has 0 amide bonds. The number of para-hydroxylation sites is 2. The highest BCUT2D eigenvalue weighted by Crippen LogP contribution is 2.29. The molecule has 1 saturated heterocycles. The van der Waals surface area contributed by atoms with Crippen LogP contribution in [0.3, 0.4) is 0 Å². The van der Waals surface area contributed by atoms with Gasteiger partial charge in [0.15, 0.2) is 0 Å². The fraction of sp³-hybridized carbons (Fsp3) is 0.273. The first kappa shape index (κ1) is 19.0. The van der Waals surface area contributed by atoms with Crippen molar-refractivity contribution in [3.8, 4) is 5.75 Å². The Labute approximate surface area is 170 Å². The fourth-order valence-electron chi connectivity index (χ4n) is 3.32. The van der Waals surface area contributed by atoms with Crippen LogP contribution in [0.25, 0.3) is 0 Å². The Morgan fingerprint density at radius 2 is 1.79 bits per heavy atom. The third kappa shape index (κ3) is 4.75. The molecule has 3 aromatic rings. The van der Waals surface area contributed by atoms with Crippen LogP contribution in [0, 0.1) is 6.92 Å².